The van der Waals surface area contributed by atoms with Gasteiger partial charge in [-0.1, -0.05) is 6.07 Å². The Balaban J connectivity index is 1.39. The van der Waals surface area contributed by atoms with Gasteiger partial charge in [0.1, 0.15) is 12.3 Å². The van der Waals surface area contributed by atoms with Crippen molar-refractivity contribution in [3.05, 3.63) is 47.2 Å². The van der Waals surface area contributed by atoms with Crippen LogP contribution in [0.1, 0.15) is 48.0 Å². The summed E-state index contributed by atoms with van der Waals surface area (Å²) in [5, 5.41) is 3.15. The Hall–Kier alpha value is -2.30. The highest BCUT2D eigenvalue weighted by molar-refractivity contribution is 5.92. The molecule has 0 saturated heterocycles. The molecule has 1 fully saturated rings. The van der Waals surface area contributed by atoms with E-state index in [1.165, 1.54) is 36.8 Å². The molecule has 0 bridgehead atoms. The van der Waals surface area contributed by atoms with E-state index in [4.69, 9.17) is 10.2 Å². The second kappa shape index (κ2) is 5.48. The number of hydrogen-bond donors (Lipinski definition) is 2. The van der Waals surface area contributed by atoms with E-state index in [1.54, 1.807) is 6.20 Å². The first-order chi connectivity index (χ1) is 10.8. The fourth-order valence-corrected chi connectivity index (χ4v) is 2.91. The lowest BCUT2D eigenvalue weighted by Crippen LogP contribution is -2.22. The Kier molecular flexibility index (Phi) is 3.33. The van der Waals surface area contributed by atoms with Gasteiger partial charge in [0.05, 0.1) is 6.20 Å². The molecule has 0 aliphatic heterocycles. The number of anilines is 1. The first kappa shape index (κ1) is 13.4. The number of guanidine groups is 1. The van der Waals surface area contributed by atoms with Crippen molar-refractivity contribution in [2.24, 2.45) is 10.7 Å². The highest BCUT2D eigenvalue weighted by atomic mass is 16.4. The van der Waals surface area contributed by atoms with Gasteiger partial charge in [-0.15, -0.1) is 0 Å². The number of benzene rings is 1. The summed E-state index contributed by atoms with van der Waals surface area (Å²) in [7, 11) is 0. The van der Waals surface area contributed by atoms with E-state index >= 15 is 0 Å². The van der Waals surface area contributed by atoms with Crippen LogP contribution in [0, 0.1) is 0 Å². The summed E-state index contributed by atoms with van der Waals surface area (Å²) < 4.78 is 5.67. The number of hydrogen-bond acceptors (Lipinski definition) is 3. The smallest absolute Gasteiger partial charge is 0.197 e. The van der Waals surface area contributed by atoms with Gasteiger partial charge in [-0.25, -0.2) is 9.98 Å². The molecule has 0 atom stereocenters. The molecule has 3 N–H and O–H groups in total. The molecule has 1 saturated carbocycles. The first-order valence-corrected chi connectivity index (χ1v) is 7.91. The van der Waals surface area contributed by atoms with E-state index in [0.29, 0.717) is 18.4 Å². The second-order valence-corrected chi connectivity index (χ2v) is 6.10. The largest absolute Gasteiger partial charge is 0.443 e. The van der Waals surface area contributed by atoms with Crippen molar-refractivity contribution in [3.8, 4) is 0 Å². The lowest BCUT2D eigenvalue weighted by molar-refractivity contribution is 0.458. The molecule has 5 heteroatoms. The average Bonchev–Trinajstić information content (AvgIpc) is 3.08. The van der Waals surface area contributed by atoms with Gasteiger partial charge in [-0.3, -0.25) is 0 Å². The Morgan fingerprint density at radius 1 is 1.32 bits per heavy atom. The zero-order valence-electron chi connectivity index (χ0n) is 12.5. The van der Waals surface area contributed by atoms with Crippen LogP contribution in [-0.4, -0.2) is 10.9 Å². The van der Waals surface area contributed by atoms with Gasteiger partial charge < -0.3 is 15.5 Å². The number of oxazole rings is 1. The van der Waals surface area contributed by atoms with Gasteiger partial charge in [0.25, 0.3) is 0 Å². The van der Waals surface area contributed by atoms with E-state index in [-0.39, 0.29) is 0 Å². The molecule has 0 unspecified atom stereocenters. The third-order valence-corrected chi connectivity index (χ3v) is 4.27. The minimum atomic E-state index is 0.405. The Labute approximate surface area is 129 Å². The Bertz CT molecular complexity index is 715. The van der Waals surface area contributed by atoms with Gasteiger partial charge in [-0.05, 0) is 55.4 Å². The predicted octanol–water partition coefficient (Wildman–Crippen LogP) is 2.97. The standard InChI is InChI=1S/C17H20N4O/c18-17(20-10-15-9-19-16(22-15)12-4-5-12)21-14-7-6-11-2-1-3-13(11)8-14/h6-9,12H,1-5,10H2,(H3,18,20,21). The van der Waals surface area contributed by atoms with E-state index in [9.17, 15) is 0 Å². The molecular weight excluding hydrogens is 276 g/mol. The van der Waals surface area contributed by atoms with E-state index < -0.39 is 0 Å². The van der Waals surface area contributed by atoms with Crippen molar-refractivity contribution >= 4 is 11.6 Å². The van der Waals surface area contributed by atoms with Crippen molar-refractivity contribution in [1.29, 1.82) is 0 Å². The highest BCUT2D eigenvalue weighted by Crippen LogP contribution is 2.39. The van der Waals surface area contributed by atoms with Crippen molar-refractivity contribution < 1.29 is 4.42 Å². The number of aliphatic imine (C=N–C) groups is 1. The number of aromatic nitrogens is 1. The fraction of sp³-hybridized carbons (Fsp3) is 0.412. The van der Waals surface area contributed by atoms with Crippen molar-refractivity contribution in [3.63, 3.8) is 0 Å². The molecule has 0 radical (unpaired) electrons. The molecule has 2 aliphatic carbocycles. The third kappa shape index (κ3) is 2.84. The van der Waals surface area contributed by atoms with Gasteiger partial charge in [0, 0.05) is 11.6 Å². The monoisotopic (exact) mass is 296 g/mol. The topological polar surface area (TPSA) is 76.4 Å². The van der Waals surface area contributed by atoms with Crippen LogP contribution in [0.25, 0.3) is 0 Å². The Morgan fingerprint density at radius 3 is 3.05 bits per heavy atom. The van der Waals surface area contributed by atoms with Gasteiger partial charge >= 0.3 is 0 Å². The maximum absolute atomic E-state index is 5.95. The summed E-state index contributed by atoms with van der Waals surface area (Å²) in [4.78, 5) is 8.61. The average molecular weight is 296 g/mol. The number of aryl methyl sites for hydroxylation is 2. The Morgan fingerprint density at radius 2 is 2.18 bits per heavy atom. The van der Waals surface area contributed by atoms with E-state index in [0.717, 1.165) is 23.8 Å². The van der Waals surface area contributed by atoms with Crippen LogP contribution in [0.2, 0.25) is 0 Å². The molecule has 5 nitrogen and oxygen atoms in total. The lowest BCUT2D eigenvalue weighted by atomic mass is 10.1. The minimum absolute atomic E-state index is 0.405. The minimum Gasteiger partial charge on any atom is -0.443 e. The highest BCUT2D eigenvalue weighted by Gasteiger charge is 2.28. The van der Waals surface area contributed by atoms with Crippen LogP contribution in [0.5, 0.6) is 0 Å². The summed E-state index contributed by atoms with van der Waals surface area (Å²) in [6.07, 6.45) is 7.71. The zero-order valence-corrected chi connectivity index (χ0v) is 12.5. The van der Waals surface area contributed by atoms with Crippen LogP contribution >= 0.6 is 0 Å². The summed E-state index contributed by atoms with van der Waals surface area (Å²) in [5.41, 5.74) is 9.83. The molecule has 2 aliphatic rings. The maximum atomic E-state index is 5.95. The molecular formula is C17H20N4O. The summed E-state index contributed by atoms with van der Waals surface area (Å²) in [6.45, 7) is 0.420. The third-order valence-electron chi connectivity index (χ3n) is 4.27. The van der Waals surface area contributed by atoms with E-state index in [1.807, 2.05) is 0 Å². The molecule has 0 spiro atoms. The normalized spacial score (nSPS) is 17.5. The number of fused-ring (bicyclic) bond motifs is 1. The number of rotatable bonds is 4. The molecule has 0 amide bonds. The zero-order chi connectivity index (χ0) is 14.9. The van der Waals surface area contributed by atoms with Crippen LogP contribution < -0.4 is 11.1 Å². The molecule has 114 valence electrons. The molecule has 4 rings (SSSR count). The van der Waals surface area contributed by atoms with Gasteiger partial charge in [-0.2, -0.15) is 0 Å². The van der Waals surface area contributed by atoms with E-state index in [2.05, 4.69) is 33.5 Å². The molecule has 1 heterocycles. The predicted molar refractivity (Wildman–Crippen MR) is 85.9 cm³/mol. The fourth-order valence-electron chi connectivity index (χ4n) is 2.91. The summed E-state index contributed by atoms with van der Waals surface area (Å²) in [5.74, 6) is 2.54. The number of nitrogens with two attached hydrogens (primary N) is 1. The molecule has 2 aromatic rings. The number of nitrogens with one attached hydrogen (secondary N) is 1. The summed E-state index contributed by atoms with van der Waals surface area (Å²) >= 11 is 0. The van der Waals surface area contributed by atoms with Crippen molar-refractivity contribution in [1.82, 2.24) is 4.98 Å². The van der Waals surface area contributed by atoms with Crippen molar-refractivity contribution in [2.45, 2.75) is 44.6 Å². The molecule has 1 aromatic carbocycles. The SMILES string of the molecule is NC(=NCc1cnc(C2CC2)o1)Nc1ccc2c(c1)CCC2. The van der Waals surface area contributed by atoms with Gasteiger partial charge in [0.2, 0.25) is 0 Å². The van der Waals surface area contributed by atoms with Crippen LogP contribution in [0.15, 0.2) is 33.8 Å². The van der Waals surface area contributed by atoms with Gasteiger partial charge in [0.15, 0.2) is 11.9 Å². The molecule has 1 aromatic heterocycles. The number of nitrogens with zero attached hydrogens (tertiary/aromatic N) is 2. The van der Waals surface area contributed by atoms with Crippen LogP contribution in [0.4, 0.5) is 5.69 Å². The first-order valence-electron chi connectivity index (χ1n) is 7.91. The van der Waals surface area contributed by atoms with Crippen molar-refractivity contribution in [2.75, 3.05) is 5.32 Å². The van der Waals surface area contributed by atoms with Crippen LogP contribution in [-0.2, 0) is 19.4 Å². The quantitative estimate of drug-likeness (QED) is 0.672. The molecule has 22 heavy (non-hydrogen) atoms. The maximum Gasteiger partial charge on any atom is 0.197 e. The van der Waals surface area contributed by atoms with Crippen LogP contribution in [0.3, 0.4) is 0 Å². The summed E-state index contributed by atoms with van der Waals surface area (Å²) in [6, 6.07) is 6.41. The lowest BCUT2D eigenvalue weighted by Gasteiger charge is -2.07. The second-order valence-electron chi connectivity index (χ2n) is 6.10.